The minimum absolute atomic E-state index is 0.00553. The molecule has 0 bridgehead atoms. The molecule has 7 nitrogen and oxygen atoms in total. The van der Waals surface area contributed by atoms with Crippen LogP contribution in [0.15, 0.2) is 18.2 Å². The summed E-state index contributed by atoms with van der Waals surface area (Å²) in [7, 11) is 0. The largest absolute Gasteiger partial charge is 0.483 e. The van der Waals surface area contributed by atoms with Crippen LogP contribution in [0.1, 0.15) is 63.0 Å². The van der Waals surface area contributed by atoms with E-state index in [0.29, 0.717) is 5.75 Å². The number of carbonyl (C=O) groups is 3. The molecule has 3 N–H and O–H groups in total. The molecule has 1 aromatic rings. The summed E-state index contributed by atoms with van der Waals surface area (Å²) in [6, 6.07) is 5.89. The van der Waals surface area contributed by atoms with Gasteiger partial charge >= 0.3 is 0 Å². The summed E-state index contributed by atoms with van der Waals surface area (Å²) in [5.74, 6) is -0.110. The molecule has 1 aliphatic rings. The second-order valence-electron chi connectivity index (χ2n) is 7.63. The van der Waals surface area contributed by atoms with E-state index in [0.717, 1.165) is 36.8 Å². The van der Waals surface area contributed by atoms with Crippen molar-refractivity contribution in [2.45, 2.75) is 58.8 Å². The fourth-order valence-corrected chi connectivity index (χ4v) is 3.28. The maximum Gasteiger partial charge on any atom is 0.276 e. The van der Waals surface area contributed by atoms with Crippen LogP contribution < -0.4 is 20.9 Å². The summed E-state index contributed by atoms with van der Waals surface area (Å²) in [6.45, 7) is 5.70. The maximum atomic E-state index is 12.0. The van der Waals surface area contributed by atoms with Gasteiger partial charge in [0, 0.05) is 5.92 Å². The third-order valence-electron chi connectivity index (χ3n) is 4.89. The number of hydrogen-bond donors (Lipinski definition) is 3. The van der Waals surface area contributed by atoms with E-state index >= 15 is 0 Å². The molecule has 3 amide bonds. The molecule has 154 valence electrons. The van der Waals surface area contributed by atoms with E-state index < -0.39 is 11.8 Å². The van der Waals surface area contributed by atoms with Gasteiger partial charge in [-0.3, -0.25) is 25.2 Å². The fourth-order valence-electron chi connectivity index (χ4n) is 3.28. The zero-order valence-corrected chi connectivity index (χ0v) is 17.0. The highest BCUT2D eigenvalue weighted by Crippen LogP contribution is 2.27. The number of ether oxygens (including phenoxy) is 1. The average Bonchev–Trinajstić information content (AvgIpc) is 2.69. The van der Waals surface area contributed by atoms with Crippen molar-refractivity contribution in [1.82, 2.24) is 16.2 Å². The topological polar surface area (TPSA) is 96.5 Å². The van der Waals surface area contributed by atoms with Crippen molar-refractivity contribution in [3.05, 3.63) is 29.3 Å². The van der Waals surface area contributed by atoms with Crippen molar-refractivity contribution in [2.75, 3.05) is 13.2 Å². The van der Waals surface area contributed by atoms with E-state index in [4.69, 9.17) is 4.74 Å². The van der Waals surface area contributed by atoms with E-state index in [1.54, 1.807) is 0 Å². The van der Waals surface area contributed by atoms with Crippen LogP contribution in [-0.2, 0) is 14.4 Å². The van der Waals surface area contributed by atoms with Crippen molar-refractivity contribution >= 4 is 17.7 Å². The number of carbonyl (C=O) groups excluding carboxylic acids is 3. The molecule has 0 saturated heterocycles. The smallest absolute Gasteiger partial charge is 0.276 e. The second kappa shape index (κ2) is 10.7. The van der Waals surface area contributed by atoms with Crippen molar-refractivity contribution in [3.63, 3.8) is 0 Å². The van der Waals surface area contributed by atoms with Gasteiger partial charge in [-0.1, -0.05) is 45.2 Å². The van der Waals surface area contributed by atoms with E-state index in [1.165, 1.54) is 6.42 Å². The first-order chi connectivity index (χ1) is 13.4. The van der Waals surface area contributed by atoms with Crippen molar-refractivity contribution in [2.24, 2.45) is 5.92 Å². The molecule has 1 saturated carbocycles. The molecule has 0 atom stereocenters. The Kier molecular flexibility index (Phi) is 8.29. The lowest BCUT2D eigenvalue weighted by atomic mass is 9.89. The molecule has 0 aromatic heterocycles. The molecule has 0 aliphatic heterocycles. The monoisotopic (exact) mass is 389 g/mol. The van der Waals surface area contributed by atoms with E-state index in [-0.39, 0.29) is 30.9 Å². The molecule has 28 heavy (non-hydrogen) atoms. The van der Waals surface area contributed by atoms with Gasteiger partial charge in [0.2, 0.25) is 5.91 Å². The van der Waals surface area contributed by atoms with Gasteiger partial charge in [-0.05, 0) is 42.9 Å². The standard InChI is InChI=1S/C21H31N3O4/c1-14(2)17-10-9-15(3)11-18(17)28-13-20(26)24-23-19(25)12-22-21(27)16-7-5-4-6-8-16/h9-11,14,16H,4-8,12-13H2,1-3H3,(H,22,27)(H,23,25)(H,24,26). The first-order valence-corrected chi connectivity index (χ1v) is 9.95. The molecule has 1 aliphatic carbocycles. The van der Waals surface area contributed by atoms with E-state index in [2.05, 4.69) is 30.0 Å². The lowest BCUT2D eigenvalue weighted by molar-refractivity contribution is -0.131. The van der Waals surface area contributed by atoms with Gasteiger partial charge in [-0.15, -0.1) is 0 Å². The van der Waals surface area contributed by atoms with Crippen LogP contribution in [0, 0.1) is 12.8 Å². The molecule has 7 heteroatoms. The number of benzene rings is 1. The highest BCUT2D eigenvalue weighted by atomic mass is 16.5. The Morgan fingerprint density at radius 2 is 1.75 bits per heavy atom. The third kappa shape index (κ3) is 6.87. The Morgan fingerprint density at radius 1 is 1.07 bits per heavy atom. The van der Waals surface area contributed by atoms with Crippen LogP contribution in [0.2, 0.25) is 0 Å². The number of amides is 3. The van der Waals surface area contributed by atoms with Gasteiger partial charge in [-0.2, -0.15) is 0 Å². The quantitative estimate of drug-likeness (QED) is 0.624. The van der Waals surface area contributed by atoms with Crippen molar-refractivity contribution in [3.8, 4) is 5.75 Å². The van der Waals surface area contributed by atoms with Gasteiger partial charge in [0.05, 0.1) is 6.54 Å². The summed E-state index contributed by atoms with van der Waals surface area (Å²) in [5, 5.41) is 2.63. The normalized spacial score (nSPS) is 14.4. The number of hydrazine groups is 1. The van der Waals surface area contributed by atoms with Crippen molar-refractivity contribution < 1.29 is 19.1 Å². The maximum absolute atomic E-state index is 12.0. The zero-order chi connectivity index (χ0) is 20.5. The molecule has 0 unspecified atom stereocenters. The Hall–Kier alpha value is -2.57. The van der Waals surface area contributed by atoms with Gasteiger partial charge < -0.3 is 10.1 Å². The van der Waals surface area contributed by atoms with Gasteiger partial charge in [0.25, 0.3) is 11.8 Å². The predicted molar refractivity (Wildman–Crippen MR) is 107 cm³/mol. The Morgan fingerprint density at radius 3 is 2.43 bits per heavy atom. The highest BCUT2D eigenvalue weighted by Gasteiger charge is 2.21. The predicted octanol–water partition coefficient (Wildman–Crippen LogP) is 2.34. The summed E-state index contributed by atoms with van der Waals surface area (Å²) < 4.78 is 5.62. The van der Waals surface area contributed by atoms with Gasteiger partial charge in [0.15, 0.2) is 6.61 Å². The first kappa shape index (κ1) is 21.7. The molecule has 0 heterocycles. The SMILES string of the molecule is Cc1ccc(C(C)C)c(OCC(=O)NNC(=O)CNC(=O)C2CCCCC2)c1. The van der Waals surface area contributed by atoms with Crippen LogP contribution >= 0.6 is 0 Å². The van der Waals surface area contributed by atoms with E-state index in [1.807, 2.05) is 25.1 Å². The lowest BCUT2D eigenvalue weighted by Crippen LogP contribution is -2.48. The molecule has 0 radical (unpaired) electrons. The molecule has 1 aromatic carbocycles. The fraction of sp³-hybridized carbons (Fsp3) is 0.571. The summed E-state index contributed by atoms with van der Waals surface area (Å²) in [4.78, 5) is 35.8. The Bertz CT molecular complexity index is 697. The van der Waals surface area contributed by atoms with Crippen LogP contribution in [-0.4, -0.2) is 30.9 Å². The highest BCUT2D eigenvalue weighted by molar-refractivity contribution is 5.87. The van der Waals surface area contributed by atoms with Gasteiger partial charge in [-0.25, -0.2) is 0 Å². The number of rotatable bonds is 7. The van der Waals surface area contributed by atoms with Gasteiger partial charge in [0.1, 0.15) is 5.75 Å². The molecule has 2 rings (SSSR count). The molecular weight excluding hydrogens is 358 g/mol. The average molecular weight is 389 g/mol. The Labute approximate surface area is 166 Å². The van der Waals surface area contributed by atoms with Crippen LogP contribution in [0.5, 0.6) is 5.75 Å². The van der Waals surface area contributed by atoms with Crippen molar-refractivity contribution in [1.29, 1.82) is 0 Å². The van der Waals surface area contributed by atoms with E-state index in [9.17, 15) is 14.4 Å². The number of aryl methyl sites for hydroxylation is 1. The first-order valence-electron chi connectivity index (χ1n) is 9.95. The summed E-state index contributed by atoms with van der Waals surface area (Å²) in [6.07, 6.45) is 5.02. The molecule has 1 fully saturated rings. The Balaban J connectivity index is 1.70. The van der Waals surface area contributed by atoms with Crippen LogP contribution in [0.3, 0.4) is 0 Å². The second-order valence-corrected chi connectivity index (χ2v) is 7.63. The molecular formula is C21H31N3O4. The summed E-state index contributed by atoms with van der Waals surface area (Å²) >= 11 is 0. The van der Waals surface area contributed by atoms with Crippen LogP contribution in [0.4, 0.5) is 0 Å². The lowest BCUT2D eigenvalue weighted by Gasteiger charge is -2.20. The zero-order valence-electron chi connectivity index (χ0n) is 17.0. The number of nitrogens with one attached hydrogen (secondary N) is 3. The molecule has 0 spiro atoms. The minimum Gasteiger partial charge on any atom is -0.483 e. The number of hydrogen-bond acceptors (Lipinski definition) is 4. The minimum atomic E-state index is -0.476. The van der Waals surface area contributed by atoms with Crippen LogP contribution in [0.25, 0.3) is 0 Å². The third-order valence-corrected chi connectivity index (χ3v) is 4.89. The summed E-state index contributed by atoms with van der Waals surface area (Å²) in [5.41, 5.74) is 6.66.